The second-order valence-electron chi connectivity index (χ2n) is 4.26. The molecule has 0 atom stereocenters. The van der Waals surface area contributed by atoms with Gasteiger partial charge in [-0.1, -0.05) is 0 Å². The molecule has 1 aromatic rings. The Morgan fingerprint density at radius 1 is 1.29 bits per heavy atom. The molecule has 120 valence electrons. The number of nitrogens with one attached hydrogen (secondary N) is 1. The zero-order valence-electron chi connectivity index (χ0n) is 10.8. The van der Waals surface area contributed by atoms with E-state index in [0.29, 0.717) is 4.88 Å². The molecule has 0 bridgehead atoms. The third-order valence-electron chi connectivity index (χ3n) is 2.41. The average Bonchev–Trinajstić information content (AvgIpc) is 2.75. The van der Waals surface area contributed by atoms with Gasteiger partial charge in [0.1, 0.15) is 4.21 Å². The summed E-state index contributed by atoms with van der Waals surface area (Å²) in [6.07, 6.45) is -5.53. The number of halogens is 3. The molecule has 0 saturated heterocycles. The van der Waals surface area contributed by atoms with Gasteiger partial charge in [0.2, 0.25) is 10.0 Å². The molecular formula is C11H14F3NO4S2. The summed E-state index contributed by atoms with van der Waals surface area (Å²) in [7, 11) is -3.80. The van der Waals surface area contributed by atoms with E-state index in [0.717, 1.165) is 11.3 Å². The first-order valence-electron chi connectivity index (χ1n) is 5.97. The smallest absolute Gasteiger partial charge is 0.389 e. The molecule has 0 saturated carbocycles. The maximum atomic E-state index is 11.9. The lowest BCUT2D eigenvalue weighted by Crippen LogP contribution is -2.24. The van der Waals surface area contributed by atoms with Crippen LogP contribution in [0.2, 0.25) is 0 Å². The van der Waals surface area contributed by atoms with Crippen LogP contribution in [0.1, 0.15) is 24.1 Å². The highest BCUT2D eigenvalue weighted by Gasteiger charge is 2.26. The number of hydrogen-bond donors (Lipinski definition) is 2. The second-order valence-corrected chi connectivity index (χ2v) is 7.42. The Bertz CT molecular complexity index is 581. The molecule has 21 heavy (non-hydrogen) atoms. The van der Waals surface area contributed by atoms with E-state index >= 15 is 0 Å². The average molecular weight is 345 g/mol. The number of carboxylic acid groups (broad SMARTS) is 1. The number of aliphatic carboxylic acids is 1. The van der Waals surface area contributed by atoms with Crippen molar-refractivity contribution < 1.29 is 31.5 Å². The van der Waals surface area contributed by atoms with E-state index < -0.39 is 28.6 Å². The van der Waals surface area contributed by atoms with E-state index in [4.69, 9.17) is 5.11 Å². The van der Waals surface area contributed by atoms with Crippen molar-refractivity contribution in [3.63, 3.8) is 0 Å². The Balaban J connectivity index is 2.46. The zero-order chi connectivity index (χ0) is 16.1. The van der Waals surface area contributed by atoms with Crippen LogP contribution in [-0.4, -0.2) is 32.2 Å². The van der Waals surface area contributed by atoms with Crippen molar-refractivity contribution in [3.05, 3.63) is 17.0 Å². The summed E-state index contributed by atoms with van der Waals surface area (Å²) in [6.45, 7) is -0.0927. The summed E-state index contributed by atoms with van der Waals surface area (Å²) in [6, 6.07) is 2.68. The molecule has 1 aromatic heterocycles. The van der Waals surface area contributed by atoms with E-state index in [1.54, 1.807) is 0 Å². The largest absolute Gasteiger partial charge is 0.481 e. The molecule has 5 nitrogen and oxygen atoms in total. The van der Waals surface area contributed by atoms with Crippen LogP contribution in [-0.2, 0) is 21.2 Å². The van der Waals surface area contributed by atoms with Crippen molar-refractivity contribution in [3.8, 4) is 0 Å². The molecular weight excluding hydrogens is 331 g/mol. The fourth-order valence-electron chi connectivity index (χ4n) is 1.47. The van der Waals surface area contributed by atoms with Crippen molar-refractivity contribution >= 4 is 27.3 Å². The minimum atomic E-state index is -4.24. The molecule has 0 radical (unpaired) electrons. The van der Waals surface area contributed by atoms with Crippen molar-refractivity contribution in [1.82, 2.24) is 4.72 Å². The molecule has 0 aliphatic rings. The van der Waals surface area contributed by atoms with Crippen LogP contribution in [0.5, 0.6) is 0 Å². The maximum Gasteiger partial charge on any atom is 0.389 e. The number of thiophene rings is 1. The zero-order valence-corrected chi connectivity index (χ0v) is 12.4. The number of carbonyl (C=O) groups is 1. The van der Waals surface area contributed by atoms with Crippen LogP contribution in [0, 0.1) is 0 Å². The fourth-order valence-corrected chi connectivity index (χ4v) is 3.94. The van der Waals surface area contributed by atoms with E-state index in [-0.39, 0.29) is 30.0 Å². The quantitative estimate of drug-likeness (QED) is 0.709. The van der Waals surface area contributed by atoms with E-state index in [1.807, 2.05) is 0 Å². The molecule has 1 rings (SSSR count). The highest BCUT2D eigenvalue weighted by atomic mass is 32.2. The lowest BCUT2D eigenvalue weighted by atomic mass is 10.2. The molecule has 0 aliphatic carbocycles. The number of hydrogen-bond acceptors (Lipinski definition) is 4. The Labute approximate surface area is 123 Å². The lowest BCUT2D eigenvalue weighted by Gasteiger charge is -2.06. The van der Waals surface area contributed by atoms with Crippen LogP contribution in [0.25, 0.3) is 0 Å². The summed E-state index contributed by atoms with van der Waals surface area (Å²) in [5.74, 6) is -1.07. The topological polar surface area (TPSA) is 83.5 Å². The Kier molecular flexibility index (Phi) is 6.17. The molecule has 0 aliphatic heterocycles. The van der Waals surface area contributed by atoms with Gasteiger partial charge in [-0.3, -0.25) is 4.79 Å². The molecule has 0 unspecified atom stereocenters. The SMILES string of the molecule is O=C(O)Cc1ccc(S(=O)(=O)NCCCCC(F)(F)F)s1. The first kappa shape index (κ1) is 17.9. The Hall–Kier alpha value is -1.13. The van der Waals surface area contributed by atoms with Crippen LogP contribution in [0.15, 0.2) is 16.3 Å². The van der Waals surface area contributed by atoms with Gasteiger partial charge in [0.05, 0.1) is 6.42 Å². The summed E-state index contributed by atoms with van der Waals surface area (Å²) < 4.78 is 61.5. The lowest BCUT2D eigenvalue weighted by molar-refractivity contribution is -0.136. The molecule has 0 amide bonds. The first-order valence-corrected chi connectivity index (χ1v) is 8.27. The first-order chi connectivity index (χ1) is 9.60. The number of carboxylic acids is 1. The molecule has 0 fully saturated rings. The Morgan fingerprint density at radius 3 is 2.52 bits per heavy atom. The molecule has 0 spiro atoms. The maximum absolute atomic E-state index is 11.9. The molecule has 10 heteroatoms. The van der Waals surface area contributed by atoms with Crippen molar-refractivity contribution in [2.24, 2.45) is 0 Å². The van der Waals surface area contributed by atoms with Gasteiger partial charge in [-0.15, -0.1) is 11.3 Å². The molecule has 2 N–H and O–H groups in total. The van der Waals surface area contributed by atoms with Gasteiger partial charge in [0, 0.05) is 17.8 Å². The number of unbranched alkanes of at least 4 members (excludes halogenated alkanes) is 1. The van der Waals surface area contributed by atoms with Crippen LogP contribution >= 0.6 is 11.3 Å². The summed E-state index contributed by atoms with van der Waals surface area (Å²) in [5.41, 5.74) is 0. The second kappa shape index (κ2) is 7.23. The van der Waals surface area contributed by atoms with Crippen molar-refractivity contribution in [2.75, 3.05) is 6.54 Å². The summed E-state index contributed by atoms with van der Waals surface area (Å²) in [5, 5.41) is 8.59. The minimum absolute atomic E-state index is 0.0467. The van der Waals surface area contributed by atoms with E-state index in [2.05, 4.69) is 4.72 Å². The minimum Gasteiger partial charge on any atom is -0.481 e. The predicted molar refractivity (Wildman–Crippen MR) is 70.8 cm³/mol. The van der Waals surface area contributed by atoms with Gasteiger partial charge in [0.25, 0.3) is 0 Å². The van der Waals surface area contributed by atoms with Gasteiger partial charge < -0.3 is 5.11 Å². The van der Waals surface area contributed by atoms with Gasteiger partial charge in [-0.05, 0) is 25.0 Å². The molecule has 1 heterocycles. The summed E-state index contributed by atoms with van der Waals surface area (Å²) in [4.78, 5) is 10.9. The Morgan fingerprint density at radius 2 is 1.95 bits per heavy atom. The van der Waals surface area contributed by atoms with Gasteiger partial charge in [-0.25, -0.2) is 13.1 Å². The standard InChI is InChI=1S/C11H14F3NO4S2/c12-11(13,14)5-1-2-6-15-21(18,19)10-4-3-8(20-10)7-9(16)17/h3-4,15H,1-2,5-7H2,(H,16,17). The monoisotopic (exact) mass is 345 g/mol. The highest BCUT2D eigenvalue weighted by molar-refractivity contribution is 7.91. The third kappa shape index (κ3) is 6.91. The number of alkyl halides is 3. The predicted octanol–water partition coefficient (Wildman–Crippen LogP) is 2.39. The van der Waals surface area contributed by atoms with E-state index in [9.17, 15) is 26.4 Å². The van der Waals surface area contributed by atoms with Crippen molar-refractivity contribution in [1.29, 1.82) is 0 Å². The fraction of sp³-hybridized carbons (Fsp3) is 0.545. The van der Waals surface area contributed by atoms with Crippen LogP contribution < -0.4 is 4.72 Å². The number of sulfonamides is 1. The van der Waals surface area contributed by atoms with Gasteiger partial charge in [0.15, 0.2) is 0 Å². The van der Waals surface area contributed by atoms with Gasteiger partial charge >= 0.3 is 12.1 Å². The highest BCUT2D eigenvalue weighted by Crippen LogP contribution is 2.23. The van der Waals surface area contributed by atoms with Crippen molar-refractivity contribution in [2.45, 2.75) is 36.1 Å². The van der Waals surface area contributed by atoms with Gasteiger partial charge in [-0.2, -0.15) is 13.2 Å². The van der Waals surface area contributed by atoms with Crippen LogP contribution in [0.3, 0.4) is 0 Å². The summed E-state index contributed by atoms with van der Waals surface area (Å²) >= 11 is 0.825. The van der Waals surface area contributed by atoms with Crippen LogP contribution in [0.4, 0.5) is 13.2 Å². The third-order valence-corrected chi connectivity index (χ3v) is 5.44. The number of rotatable bonds is 8. The normalized spacial score (nSPS) is 12.5. The van der Waals surface area contributed by atoms with E-state index in [1.165, 1.54) is 12.1 Å². The molecule has 0 aromatic carbocycles.